The van der Waals surface area contributed by atoms with Crippen molar-refractivity contribution in [2.24, 2.45) is 0 Å². The van der Waals surface area contributed by atoms with Gasteiger partial charge in [-0.15, -0.1) is 0 Å². The van der Waals surface area contributed by atoms with Crippen molar-refractivity contribution in [1.82, 2.24) is 0 Å². The largest absolute Gasteiger partial charge is 0.346 e. The predicted octanol–water partition coefficient (Wildman–Crippen LogP) is -0.606. The summed E-state index contributed by atoms with van der Waals surface area (Å²) in [6.45, 7) is 0. The van der Waals surface area contributed by atoms with Gasteiger partial charge >= 0.3 is 23.1 Å². The zero-order valence-electron chi connectivity index (χ0n) is 4.83. The molecular formula is C3H12MgO4P2. The fourth-order valence-corrected chi connectivity index (χ4v) is 1.70. The fraction of sp³-hybridized carbons (Fsp3) is 1.00. The lowest BCUT2D eigenvalue weighted by molar-refractivity contribution is 0.497. The zero-order valence-corrected chi connectivity index (χ0v) is 6.83. The Morgan fingerprint density at radius 3 is 1.50 bits per heavy atom. The lowest BCUT2D eigenvalue weighted by Gasteiger charge is -1.91. The molecule has 0 aromatic carbocycles. The maximum absolute atomic E-state index is 9.99. The van der Waals surface area contributed by atoms with Crippen molar-refractivity contribution in [2.75, 3.05) is 12.3 Å². The van der Waals surface area contributed by atoms with E-state index in [1.54, 1.807) is 0 Å². The summed E-state index contributed by atoms with van der Waals surface area (Å²) in [5.41, 5.74) is 0. The lowest BCUT2D eigenvalue weighted by atomic mass is 10.6. The first-order chi connectivity index (χ1) is 4.13. The highest BCUT2D eigenvalue weighted by molar-refractivity contribution is 7.39. The minimum absolute atomic E-state index is 0. The van der Waals surface area contributed by atoms with E-state index in [9.17, 15) is 9.13 Å². The van der Waals surface area contributed by atoms with E-state index in [1.165, 1.54) is 0 Å². The summed E-state index contributed by atoms with van der Waals surface area (Å²) in [5, 5.41) is 0. The molecule has 0 amide bonds. The van der Waals surface area contributed by atoms with Gasteiger partial charge in [0.15, 0.2) is 16.1 Å². The summed E-state index contributed by atoms with van der Waals surface area (Å²) >= 11 is 0. The monoisotopic (exact) mass is 198 g/mol. The maximum Gasteiger partial charge on any atom is 0.316 e. The van der Waals surface area contributed by atoms with E-state index in [-0.39, 0.29) is 35.4 Å². The van der Waals surface area contributed by atoms with Gasteiger partial charge in [0.2, 0.25) is 0 Å². The van der Waals surface area contributed by atoms with Crippen LogP contribution in [0.4, 0.5) is 0 Å². The lowest BCUT2D eigenvalue weighted by Crippen LogP contribution is -1.81. The van der Waals surface area contributed by atoms with Gasteiger partial charge < -0.3 is 9.79 Å². The zero-order chi connectivity index (χ0) is 7.28. The molecular weight excluding hydrogens is 186 g/mol. The molecule has 2 N–H and O–H groups in total. The van der Waals surface area contributed by atoms with Crippen LogP contribution in [0, 0.1) is 0 Å². The molecule has 0 heterocycles. The Labute approximate surface area is 76.9 Å². The highest BCUT2D eigenvalue weighted by atomic mass is 31.1. The first-order valence-corrected chi connectivity index (χ1v) is 5.69. The SMILES string of the molecule is O=[PH](O)CCC[PH](=O)O.[MgH2]. The molecule has 0 radical (unpaired) electrons. The van der Waals surface area contributed by atoms with Gasteiger partial charge in [-0.25, -0.2) is 0 Å². The van der Waals surface area contributed by atoms with Crippen LogP contribution >= 0.6 is 16.1 Å². The molecule has 0 aromatic heterocycles. The summed E-state index contributed by atoms with van der Waals surface area (Å²) in [4.78, 5) is 16.5. The Kier molecular flexibility index (Phi) is 11.3. The maximum atomic E-state index is 9.99. The Morgan fingerprint density at radius 2 is 1.30 bits per heavy atom. The molecule has 0 saturated heterocycles. The third-order valence-electron chi connectivity index (χ3n) is 0.781. The van der Waals surface area contributed by atoms with Crippen LogP contribution in [0.5, 0.6) is 0 Å². The van der Waals surface area contributed by atoms with Crippen molar-refractivity contribution in [1.29, 1.82) is 0 Å². The molecule has 0 aliphatic rings. The first kappa shape index (κ1) is 13.7. The Balaban J connectivity index is 0. The van der Waals surface area contributed by atoms with E-state index in [2.05, 4.69) is 0 Å². The number of hydrogen-bond donors (Lipinski definition) is 2. The van der Waals surface area contributed by atoms with Crippen LogP contribution in [-0.4, -0.2) is 45.2 Å². The molecule has 0 fully saturated rings. The standard InChI is InChI=1S/C3H10O4P2.Mg.2H/c4-8(5)2-1-3-9(6)7;;;/h8-9H,1-3H2,(H,4,5)(H,6,7);;;. The Hall–Kier alpha value is 1.15. The highest BCUT2D eigenvalue weighted by Crippen LogP contribution is 2.19. The van der Waals surface area contributed by atoms with E-state index < -0.39 is 16.1 Å². The van der Waals surface area contributed by atoms with Gasteiger partial charge in [-0.1, -0.05) is 0 Å². The molecule has 0 aliphatic carbocycles. The first-order valence-electron chi connectivity index (χ1n) is 2.56. The Bertz CT molecular complexity index is 114. The normalized spacial score (nSPS) is 15.4. The Morgan fingerprint density at radius 1 is 1.00 bits per heavy atom. The van der Waals surface area contributed by atoms with Crippen molar-refractivity contribution in [2.45, 2.75) is 6.42 Å². The molecule has 60 valence electrons. The molecule has 0 aromatic rings. The summed E-state index contributed by atoms with van der Waals surface area (Å²) in [6.07, 6.45) is 0.714. The van der Waals surface area contributed by atoms with Crippen molar-refractivity contribution in [3.05, 3.63) is 0 Å². The average Bonchev–Trinajstić information content (AvgIpc) is 1.63. The minimum atomic E-state index is -2.41. The molecule has 2 atom stereocenters. The van der Waals surface area contributed by atoms with Crippen LogP contribution in [0.15, 0.2) is 0 Å². The molecule has 0 bridgehead atoms. The van der Waals surface area contributed by atoms with E-state index in [1.807, 2.05) is 0 Å². The third-order valence-corrected chi connectivity index (χ3v) is 2.34. The summed E-state index contributed by atoms with van der Waals surface area (Å²) in [6, 6.07) is 0. The fourth-order valence-electron chi connectivity index (χ4n) is 0.391. The number of rotatable bonds is 4. The van der Waals surface area contributed by atoms with Gasteiger partial charge in [0.05, 0.1) is 0 Å². The van der Waals surface area contributed by atoms with Gasteiger partial charge in [-0.05, 0) is 6.42 Å². The highest BCUT2D eigenvalue weighted by Gasteiger charge is 1.95. The van der Waals surface area contributed by atoms with E-state index >= 15 is 0 Å². The van der Waals surface area contributed by atoms with Crippen molar-refractivity contribution >= 4 is 39.1 Å². The molecule has 7 heteroatoms. The van der Waals surface area contributed by atoms with Crippen molar-refractivity contribution in [3.8, 4) is 0 Å². The van der Waals surface area contributed by atoms with Gasteiger partial charge in [0.25, 0.3) is 0 Å². The van der Waals surface area contributed by atoms with E-state index in [0.717, 1.165) is 0 Å². The van der Waals surface area contributed by atoms with Gasteiger partial charge in [-0.3, -0.25) is 9.13 Å². The van der Waals surface area contributed by atoms with Gasteiger partial charge in [0, 0.05) is 12.3 Å². The summed E-state index contributed by atoms with van der Waals surface area (Å²) in [5.74, 6) is 0. The van der Waals surface area contributed by atoms with Gasteiger partial charge in [0.1, 0.15) is 0 Å². The van der Waals surface area contributed by atoms with Crippen LogP contribution < -0.4 is 0 Å². The van der Waals surface area contributed by atoms with Crippen LogP contribution in [0.25, 0.3) is 0 Å². The molecule has 0 rings (SSSR count). The van der Waals surface area contributed by atoms with Crippen molar-refractivity contribution < 1.29 is 18.9 Å². The third kappa shape index (κ3) is 11.9. The summed E-state index contributed by atoms with van der Waals surface area (Å²) < 4.78 is 20.0. The smallest absolute Gasteiger partial charge is 0.316 e. The van der Waals surface area contributed by atoms with Crippen LogP contribution in [0.3, 0.4) is 0 Å². The summed E-state index contributed by atoms with van der Waals surface area (Å²) in [7, 11) is -4.83. The van der Waals surface area contributed by atoms with Gasteiger partial charge in [-0.2, -0.15) is 0 Å². The molecule has 0 spiro atoms. The molecule has 4 nitrogen and oxygen atoms in total. The minimum Gasteiger partial charge on any atom is -0.346 e. The van der Waals surface area contributed by atoms with E-state index in [0.29, 0.717) is 6.42 Å². The average molecular weight is 198 g/mol. The number of hydrogen-bond acceptors (Lipinski definition) is 2. The molecule has 0 aliphatic heterocycles. The topological polar surface area (TPSA) is 74.6 Å². The molecule has 2 unspecified atom stereocenters. The molecule has 10 heavy (non-hydrogen) atoms. The second kappa shape index (κ2) is 8.24. The molecule has 0 saturated carbocycles. The predicted molar refractivity (Wildman–Crippen MR) is 45.3 cm³/mol. The van der Waals surface area contributed by atoms with Crippen LogP contribution in [0.2, 0.25) is 0 Å². The second-order valence-electron chi connectivity index (χ2n) is 1.64. The van der Waals surface area contributed by atoms with E-state index in [4.69, 9.17) is 9.79 Å². The quantitative estimate of drug-likeness (QED) is 0.467. The van der Waals surface area contributed by atoms with Crippen LogP contribution in [0.1, 0.15) is 6.42 Å². The second-order valence-corrected chi connectivity index (χ2v) is 4.22. The van der Waals surface area contributed by atoms with Crippen LogP contribution in [-0.2, 0) is 9.13 Å². The van der Waals surface area contributed by atoms with Crippen molar-refractivity contribution in [3.63, 3.8) is 0 Å².